The molecule has 0 radical (unpaired) electrons. The Bertz CT molecular complexity index is 1350. The maximum Gasteiger partial charge on any atom is 0.209 e. The van der Waals surface area contributed by atoms with E-state index in [1.807, 2.05) is 0 Å². The third-order valence-corrected chi connectivity index (χ3v) is 7.47. The first kappa shape index (κ1) is 31.3. The molecule has 2 heterocycles. The van der Waals surface area contributed by atoms with Gasteiger partial charge in [-0.25, -0.2) is 0 Å². The van der Waals surface area contributed by atoms with Gasteiger partial charge in [-0.3, -0.25) is 9.59 Å². The lowest BCUT2D eigenvalue weighted by Gasteiger charge is -2.47. The van der Waals surface area contributed by atoms with Gasteiger partial charge in [0.05, 0.1) is 25.0 Å². The highest BCUT2D eigenvalue weighted by Crippen LogP contribution is 2.42. The van der Waals surface area contributed by atoms with E-state index < -0.39 is 108 Å². The molecule has 1 aromatic carbocycles. The summed E-state index contributed by atoms with van der Waals surface area (Å²) < 4.78 is 5.40. The number of phenolic OH excluding ortho intramolecular Hbond substituents is 1. The molecule has 15 nitrogen and oxygen atoms in total. The fraction of sp³-hybridized carbons (Fsp3) is 0.407. The Morgan fingerprint density at radius 3 is 2.14 bits per heavy atom. The summed E-state index contributed by atoms with van der Waals surface area (Å²) in [6, 6.07) is 4.32. The Hall–Kier alpha value is -3.64. The van der Waals surface area contributed by atoms with Crippen LogP contribution in [0.1, 0.15) is 5.56 Å². The van der Waals surface area contributed by atoms with E-state index in [0.29, 0.717) is 11.6 Å². The van der Waals surface area contributed by atoms with Crippen LogP contribution in [-0.2, 0) is 14.3 Å². The second-order valence-corrected chi connectivity index (χ2v) is 10.1. The first-order valence-corrected chi connectivity index (χ1v) is 12.7. The quantitative estimate of drug-likeness (QED) is 0.0860. The average Bonchev–Trinajstić information content (AvgIpc) is 3.26. The van der Waals surface area contributed by atoms with Crippen LogP contribution in [0.2, 0.25) is 0 Å². The molecular weight excluding hydrogens is 562 g/mol. The summed E-state index contributed by atoms with van der Waals surface area (Å²) in [5.41, 5.74) is -5.57. The normalized spacial score (nSPS) is 38.0. The molecule has 1 aliphatic carbocycles. The van der Waals surface area contributed by atoms with Crippen molar-refractivity contribution in [3.05, 3.63) is 70.3 Å². The molecule has 2 fully saturated rings. The highest BCUT2D eigenvalue weighted by atomic mass is 16.6. The summed E-state index contributed by atoms with van der Waals surface area (Å²) in [7, 11) is 0. The van der Waals surface area contributed by atoms with Crippen LogP contribution in [0.3, 0.4) is 0 Å². The lowest BCUT2D eigenvalue weighted by atomic mass is 9.70. The Labute approximate surface area is 237 Å². The van der Waals surface area contributed by atoms with Crippen molar-refractivity contribution in [1.82, 2.24) is 5.32 Å². The highest BCUT2D eigenvalue weighted by Gasteiger charge is 2.61. The van der Waals surface area contributed by atoms with Crippen molar-refractivity contribution >= 4 is 17.6 Å². The zero-order valence-electron chi connectivity index (χ0n) is 21.7. The van der Waals surface area contributed by atoms with E-state index >= 15 is 0 Å². The summed E-state index contributed by atoms with van der Waals surface area (Å²) in [6.45, 7) is -1.69. The van der Waals surface area contributed by atoms with E-state index in [-0.39, 0.29) is 5.75 Å². The molecule has 0 bridgehead atoms. The van der Waals surface area contributed by atoms with Crippen molar-refractivity contribution in [1.29, 1.82) is 0 Å². The molecule has 3 aliphatic rings. The lowest BCUT2D eigenvalue weighted by Crippen LogP contribution is -2.69. The van der Waals surface area contributed by atoms with Gasteiger partial charge >= 0.3 is 0 Å². The molecule has 0 amide bonds. The van der Waals surface area contributed by atoms with E-state index in [1.54, 1.807) is 0 Å². The zero-order chi connectivity index (χ0) is 31.1. The molecule has 4 rings (SSSR count). The maximum absolute atomic E-state index is 13.9. The number of ketones is 2. The number of benzene rings is 1. The van der Waals surface area contributed by atoms with Crippen molar-refractivity contribution < 1.29 is 70.5 Å². The number of hydrogen-bond donors (Lipinski definition) is 12. The second-order valence-electron chi connectivity index (χ2n) is 10.1. The topological polar surface area (TPSA) is 278 Å². The number of nitrogens with one attached hydrogen (secondary N) is 1. The Kier molecular flexibility index (Phi) is 8.89. The first-order chi connectivity index (χ1) is 19.8. The fourth-order valence-electron chi connectivity index (χ4n) is 5.07. The Morgan fingerprint density at radius 1 is 0.929 bits per heavy atom. The molecule has 2 aliphatic heterocycles. The van der Waals surface area contributed by atoms with Gasteiger partial charge in [0.25, 0.3) is 0 Å². The number of allylic oxidation sites excluding steroid dienone is 2. The van der Waals surface area contributed by atoms with Gasteiger partial charge in [0.15, 0.2) is 11.4 Å². The standard InChI is InChI=1S/C27H31NO14/c29-8-13-20(35)22(37)18(28-13)19(34)12-7-15(33)17(14(32)6-3-10-1-4-11(31)5-2-10)25(40)27(12,41)26-24(39)23(38)21(36)16(9-30)42-26/h1-7,13,16,20-24,26,28-32,34-39,41H,8-9H2/b6-3?,17-14?,19-18-/t13?,16?,20?,21-,22?,23+,24?,26-,27?/m1/s1. The van der Waals surface area contributed by atoms with Crippen LogP contribution in [0, 0.1) is 0 Å². The van der Waals surface area contributed by atoms with Crippen molar-refractivity contribution in [2.24, 2.45) is 0 Å². The number of phenols is 1. The smallest absolute Gasteiger partial charge is 0.209 e. The molecule has 6 unspecified atom stereocenters. The van der Waals surface area contributed by atoms with Crippen LogP contribution in [0.5, 0.6) is 5.75 Å². The molecule has 2 saturated heterocycles. The highest BCUT2D eigenvalue weighted by molar-refractivity contribution is 6.31. The number of aromatic hydroxyl groups is 1. The molecule has 0 aromatic heterocycles. The van der Waals surface area contributed by atoms with E-state index in [4.69, 9.17) is 4.74 Å². The number of rotatable bonds is 6. The van der Waals surface area contributed by atoms with Crippen LogP contribution in [-0.4, -0.2) is 135 Å². The third kappa shape index (κ3) is 5.22. The van der Waals surface area contributed by atoms with Crippen molar-refractivity contribution in [2.45, 2.75) is 54.4 Å². The minimum absolute atomic E-state index is 0.0525. The van der Waals surface area contributed by atoms with Gasteiger partial charge in [0.1, 0.15) is 65.6 Å². The van der Waals surface area contributed by atoms with Crippen LogP contribution in [0.15, 0.2) is 64.8 Å². The van der Waals surface area contributed by atoms with E-state index in [1.165, 1.54) is 30.3 Å². The number of carbonyl (C=O) groups is 2. The van der Waals surface area contributed by atoms with E-state index in [2.05, 4.69) is 5.32 Å². The largest absolute Gasteiger partial charge is 0.508 e. The molecule has 42 heavy (non-hydrogen) atoms. The molecule has 15 heteroatoms. The Morgan fingerprint density at radius 2 is 1.57 bits per heavy atom. The van der Waals surface area contributed by atoms with Gasteiger partial charge in [-0.2, -0.15) is 0 Å². The van der Waals surface area contributed by atoms with Gasteiger partial charge in [-0.15, -0.1) is 0 Å². The number of ether oxygens (including phenoxy) is 1. The summed E-state index contributed by atoms with van der Waals surface area (Å²) in [5.74, 6) is -5.09. The van der Waals surface area contributed by atoms with Gasteiger partial charge in [0.2, 0.25) is 5.78 Å². The van der Waals surface area contributed by atoms with Crippen LogP contribution >= 0.6 is 0 Å². The SMILES string of the molecule is O=C1C=C(/C(O)=C2/NC(CO)C(O)C2O)C(O)([C@@H]2OC(CO)[C@@H](O)[C@H](O)C2O)C(=O)C1=C(O)C=Cc1ccc(O)cc1. The van der Waals surface area contributed by atoms with Gasteiger partial charge < -0.3 is 66.2 Å². The van der Waals surface area contributed by atoms with E-state index in [9.17, 15) is 65.8 Å². The number of aliphatic hydroxyl groups is 10. The maximum atomic E-state index is 13.9. The molecule has 0 spiro atoms. The van der Waals surface area contributed by atoms with Crippen molar-refractivity contribution in [3.8, 4) is 5.75 Å². The molecule has 0 saturated carbocycles. The second kappa shape index (κ2) is 11.9. The summed E-state index contributed by atoms with van der Waals surface area (Å²) in [6.07, 6.45) is -11.2. The molecule has 228 valence electrons. The molecule has 1 aromatic rings. The number of carbonyl (C=O) groups excluding carboxylic acids is 2. The fourth-order valence-corrected chi connectivity index (χ4v) is 5.07. The first-order valence-electron chi connectivity index (χ1n) is 12.7. The van der Waals surface area contributed by atoms with E-state index in [0.717, 1.165) is 6.08 Å². The monoisotopic (exact) mass is 593 g/mol. The predicted molar refractivity (Wildman–Crippen MR) is 139 cm³/mol. The summed E-state index contributed by atoms with van der Waals surface area (Å²) in [4.78, 5) is 27.0. The van der Waals surface area contributed by atoms with Crippen LogP contribution < -0.4 is 5.32 Å². The lowest BCUT2D eigenvalue weighted by molar-refractivity contribution is -0.259. The zero-order valence-corrected chi connectivity index (χ0v) is 21.7. The minimum Gasteiger partial charge on any atom is -0.508 e. The average molecular weight is 594 g/mol. The molecule has 9 atom stereocenters. The van der Waals surface area contributed by atoms with Gasteiger partial charge in [-0.1, -0.05) is 18.2 Å². The third-order valence-electron chi connectivity index (χ3n) is 7.47. The van der Waals surface area contributed by atoms with Crippen molar-refractivity contribution in [3.63, 3.8) is 0 Å². The summed E-state index contributed by atoms with van der Waals surface area (Å²) in [5, 5.41) is 117. The number of Topliss-reactive ketones (excluding diaryl/α,β-unsaturated/α-hetero) is 1. The predicted octanol–water partition coefficient (Wildman–Crippen LogP) is -3.68. The molecule has 12 N–H and O–H groups in total. The van der Waals surface area contributed by atoms with Crippen molar-refractivity contribution in [2.75, 3.05) is 13.2 Å². The van der Waals surface area contributed by atoms with Gasteiger partial charge in [0, 0.05) is 5.57 Å². The van der Waals surface area contributed by atoms with Crippen LogP contribution in [0.4, 0.5) is 0 Å². The van der Waals surface area contributed by atoms with Gasteiger partial charge in [-0.05, 0) is 29.8 Å². The van der Waals surface area contributed by atoms with Crippen LogP contribution in [0.25, 0.3) is 6.08 Å². The Balaban J connectivity index is 1.89. The molecular formula is C27H31NO14. The summed E-state index contributed by atoms with van der Waals surface area (Å²) >= 11 is 0. The number of aliphatic hydroxyl groups excluding tert-OH is 9. The number of hydrogen-bond acceptors (Lipinski definition) is 15. The minimum atomic E-state index is -3.32.